The highest BCUT2D eigenvalue weighted by molar-refractivity contribution is 5.98. The van der Waals surface area contributed by atoms with E-state index in [1.807, 2.05) is 65.0 Å². The largest absolute Gasteiger partial charge is 0.379 e. The predicted molar refractivity (Wildman–Crippen MR) is 170 cm³/mol. The summed E-state index contributed by atoms with van der Waals surface area (Å²) in [6.45, 7) is 13.4. The van der Waals surface area contributed by atoms with Crippen LogP contribution in [-0.4, -0.2) is 71.8 Å². The van der Waals surface area contributed by atoms with Gasteiger partial charge in [-0.15, -0.1) is 0 Å². The van der Waals surface area contributed by atoms with Crippen LogP contribution in [0.3, 0.4) is 0 Å². The van der Waals surface area contributed by atoms with E-state index in [2.05, 4.69) is 20.7 Å². The first-order chi connectivity index (χ1) is 21.4. The van der Waals surface area contributed by atoms with Crippen molar-refractivity contribution >= 4 is 23.4 Å². The van der Waals surface area contributed by atoms with E-state index in [1.54, 1.807) is 6.07 Å². The monoisotopic (exact) mass is 622 g/mol. The maximum Gasteiger partial charge on any atom is 0.274 e. The van der Waals surface area contributed by atoms with Crippen LogP contribution in [0.5, 0.6) is 0 Å². The SMILES string of the molecule is CC(C)C[C@H](NC(=O)c1cc(CN2CCOCC2)on1)C(=O)C[C@@H](Cc1ccccc1)C(=O)N[C@@H](CC(C)C)C(=O)C1(C)CC1. The molecule has 1 aliphatic heterocycles. The summed E-state index contributed by atoms with van der Waals surface area (Å²) in [6.07, 6.45) is 2.89. The molecule has 4 rings (SSSR count). The van der Waals surface area contributed by atoms with Gasteiger partial charge in [0.2, 0.25) is 5.91 Å². The van der Waals surface area contributed by atoms with Gasteiger partial charge in [-0.3, -0.25) is 24.1 Å². The van der Waals surface area contributed by atoms with Crippen molar-refractivity contribution in [1.82, 2.24) is 20.7 Å². The summed E-state index contributed by atoms with van der Waals surface area (Å²) in [5.74, 6) is -0.767. The average Bonchev–Trinajstić information content (AvgIpc) is 3.58. The first-order valence-electron chi connectivity index (χ1n) is 16.4. The number of ether oxygens (including phenoxy) is 1. The van der Waals surface area contributed by atoms with Gasteiger partial charge in [0.15, 0.2) is 23.0 Å². The van der Waals surface area contributed by atoms with Gasteiger partial charge in [-0.1, -0.05) is 70.1 Å². The van der Waals surface area contributed by atoms with E-state index >= 15 is 0 Å². The molecule has 2 aliphatic rings. The van der Waals surface area contributed by atoms with E-state index < -0.39 is 23.9 Å². The summed E-state index contributed by atoms with van der Waals surface area (Å²) >= 11 is 0. The van der Waals surface area contributed by atoms with Gasteiger partial charge in [0, 0.05) is 36.9 Å². The van der Waals surface area contributed by atoms with Crippen LogP contribution in [0.2, 0.25) is 0 Å². The van der Waals surface area contributed by atoms with Gasteiger partial charge >= 0.3 is 0 Å². The minimum absolute atomic E-state index is 0.0693. The number of ketones is 2. The maximum atomic E-state index is 13.9. The zero-order valence-corrected chi connectivity index (χ0v) is 27.5. The Labute approximate surface area is 267 Å². The van der Waals surface area contributed by atoms with Gasteiger partial charge in [-0.05, 0) is 49.5 Å². The van der Waals surface area contributed by atoms with Gasteiger partial charge in [0.1, 0.15) is 0 Å². The fourth-order valence-electron chi connectivity index (χ4n) is 5.84. The van der Waals surface area contributed by atoms with Crippen LogP contribution in [0.1, 0.15) is 88.5 Å². The summed E-state index contributed by atoms with van der Waals surface area (Å²) in [5, 5.41) is 9.88. The first kappa shape index (κ1) is 34.5. The van der Waals surface area contributed by atoms with E-state index in [9.17, 15) is 19.2 Å². The lowest BCUT2D eigenvalue weighted by atomic mass is 9.87. The molecule has 2 N–H and O–H groups in total. The van der Waals surface area contributed by atoms with Crippen LogP contribution < -0.4 is 10.6 Å². The quantitative estimate of drug-likeness (QED) is 0.266. The Morgan fingerprint density at radius 2 is 1.58 bits per heavy atom. The smallest absolute Gasteiger partial charge is 0.274 e. The molecular formula is C35H50N4O6. The molecule has 2 aromatic rings. The Morgan fingerprint density at radius 3 is 2.20 bits per heavy atom. The number of carbonyl (C=O) groups is 4. The number of Topliss-reactive ketones (excluding diaryl/α,β-unsaturated/α-hetero) is 2. The number of carbonyl (C=O) groups excluding carboxylic acids is 4. The average molecular weight is 623 g/mol. The zero-order chi connectivity index (χ0) is 32.6. The van der Waals surface area contributed by atoms with Crippen LogP contribution in [-0.2, 0) is 32.1 Å². The number of nitrogens with zero attached hydrogens (tertiary/aromatic N) is 2. The second kappa shape index (κ2) is 15.8. The van der Waals surface area contributed by atoms with E-state index in [4.69, 9.17) is 9.26 Å². The molecule has 1 aliphatic carbocycles. The third-order valence-corrected chi connectivity index (χ3v) is 8.75. The molecule has 10 nitrogen and oxygen atoms in total. The van der Waals surface area contributed by atoms with Gasteiger partial charge in [0.05, 0.1) is 31.8 Å². The summed E-state index contributed by atoms with van der Waals surface area (Å²) in [5.41, 5.74) is 0.654. The topological polar surface area (TPSA) is 131 Å². The number of rotatable bonds is 17. The molecule has 3 atom stereocenters. The number of nitrogens with one attached hydrogen (secondary N) is 2. The van der Waals surface area contributed by atoms with Crippen molar-refractivity contribution in [2.45, 2.75) is 91.8 Å². The Balaban J connectivity index is 1.47. The molecule has 0 spiro atoms. The van der Waals surface area contributed by atoms with E-state index in [0.717, 1.165) is 31.5 Å². The van der Waals surface area contributed by atoms with E-state index in [-0.39, 0.29) is 46.8 Å². The molecule has 2 fully saturated rings. The van der Waals surface area contributed by atoms with Crippen LogP contribution in [0, 0.1) is 23.2 Å². The Bertz CT molecular complexity index is 1300. The van der Waals surface area contributed by atoms with Crippen molar-refractivity contribution in [3.63, 3.8) is 0 Å². The van der Waals surface area contributed by atoms with E-state index in [1.165, 1.54) is 0 Å². The number of hydrogen-bond acceptors (Lipinski definition) is 8. The van der Waals surface area contributed by atoms with Gasteiger partial charge in [-0.2, -0.15) is 0 Å². The second-order valence-electron chi connectivity index (χ2n) is 13.9. The molecule has 10 heteroatoms. The molecule has 45 heavy (non-hydrogen) atoms. The van der Waals surface area contributed by atoms with Gasteiger partial charge in [-0.25, -0.2) is 0 Å². The molecule has 1 saturated carbocycles. The molecule has 1 saturated heterocycles. The van der Waals surface area contributed by atoms with E-state index in [0.29, 0.717) is 44.8 Å². The Hall–Kier alpha value is -3.37. The molecule has 246 valence electrons. The molecule has 0 radical (unpaired) electrons. The molecular weight excluding hydrogens is 572 g/mol. The second-order valence-corrected chi connectivity index (χ2v) is 13.9. The number of hydrogen-bond donors (Lipinski definition) is 2. The van der Waals surface area contributed by atoms with Crippen LogP contribution >= 0.6 is 0 Å². The van der Waals surface area contributed by atoms with Crippen molar-refractivity contribution in [2.75, 3.05) is 26.3 Å². The number of amides is 2. The Morgan fingerprint density at radius 1 is 0.933 bits per heavy atom. The van der Waals surface area contributed by atoms with Crippen molar-refractivity contribution < 1.29 is 28.4 Å². The third-order valence-electron chi connectivity index (χ3n) is 8.75. The van der Waals surface area contributed by atoms with Crippen molar-refractivity contribution in [1.29, 1.82) is 0 Å². The zero-order valence-electron chi connectivity index (χ0n) is 27.5. The van der Waals surface area contributed by atoms with Gasteiger partial charge < -0.3 is 19.9 Å². The number of aromatic nitrogens is 1. The highest BCUT2D eigenvalue weighted by atomic mass is 16.5. The number of morpholine rings is 1. The van der Waals surface area contributed by atoms with Crippen molar-refractivity contribution in [3.8, 4) is 0 Å². The fourth-order valence-corrected chi connectivity index (χ4v) is 5.84. The van der Waals surface area contributed by atoms with Crippen LogP contribution in [0.25, 0.3) is 0 Å². The lowest BCUT2D eigenvalue weighted by Gasteiger charge is -2.26. The normalized spacial score (nSPS) is 18.3. The number of benzene rings is 1. The molecule has 0 unspecified atom stereocenters. The van der Waals surface area contributed by atoms with Crippen LogP contribution in [0.15, 0.2) is 40.9 Å². The van der Waals surface area contributed by atoms with Crippen LogP contribution in [0.4, 0.5) is 0 Å². The maximum absolute atomic E-state index is 13.9. The first-order valence-corrected chi connectivity index (χ1v) is 16.4. The standard InChI is InChI=1S/C35H50N4O6/c1-23(2)17-28(36-34(43)30-21-27(45-38-30)22-39-13-15-44-16-14-39)31(40)20-26(19-25-9-7-6-8-10-25)33(42)37-29(18-24(3)4)32(41)35(5)11-12-35/h6-10,21,23-24,26,28-29H,11-20,22H2,1-5H3,(H,36,43)(H,37,42)/t26-,28+,29+/m1/s1. The third kappa shape index (κ3) is 10.3. The van der Waals surface area contributed by atoms with Crippen molar-refractivity contribution in [3.05, 3.63) is 53.4 Å². The highest BCUT2D eigenvalue weighted by Gasteiger charge is 2.48. The predicted octanol–water partition coefficient (Wildman–Crippen LogP) is 4.37. The highest BCUT2D eigenvalue weighted by Crippen LogP contribution is 2.47. The minimum atomic E-state index is -0.804. The minimum Gasteiger partial charge on any atom is -0.379 e. The lowest BCUT2D eigenvalue weighted by molar-refractivity contribution is -0.134. The summed E-state index contributed by atoms with van der Waals surface area (Å²) < 4.78 is 10.8. The molecule has 0 bridgehead atoms. The summed E-state index contributed by atoms with van der Waals surface area (Å²) in [6, 6.07) is 9.78. The molecule has 1 aromatic heterocycles. The Kier molecular flexibility index (Phi) is 12.1. The molecule has 2 amide bonds. The molecule has 1 aromatic carbocycles. The summed E-state index contributed by atoms with van der Waals surface area (Å²) in [4.78, 5) is 56.5. The lowest BCUT2D eigenvalue weighted by Crippen LogP contribution is -2.48. The van der Waals surface area contributed by atoms with Crippen molar-refractivity contribution in [2.24, 2.45) is 23.2 Å². The summed E-state index contributed by atoms with van der Waals surface area (Å²) in [7, 11) is 0. The fraction of sp³-hybridized carbons (Fsp3) is 0.629. The molecule has 2 heterocycles. The van der Waals surface area contributed by atoms with Gasteiger partial charge in [0.25, 0.3) is 5.91 Å².